The predicted molar refractivity (Wildman–Crippen MR) is 98.6 cm³/mol. The van der Waals surface area contributed by atoms with Gasteiger partial charge >= 0.3 is 15.6 Å². The summed E-state index contributed by atoms with van der Waals surface area (Å²) in [5.74, 6) is 1.21. The number of halogens is 3. The van der Waals surface area contributed by atoms with Gasteiger partial charge in [-0.1, -0.05) is 13.8 Å². The third-order valence-corrected chi connectivity index (χ3v) is 12.3. The highest BCUT2D eigenvalue weighted by molar-refractivity contribution is 7.87. The minimum atomic E-state index is -5.60. The van der Waals surface area contributed by atoms with E-state index < -0.39 is 21.0 Å². The monoisotopic (exact) mass is 425 g/mol. The van der Waals surface area contributed by atoms with E-state index in [0.717, 1.165) is 19.4 Å². The molecule has 154 valence electrons. The van der Waals surface area contributed by atoms with E-state index in [1.807, 2.05) is 6.92 Å². The zero-order valence-corrected chi connectivity index (χ0v) is 17.6. The lowest BCUT2D eigenvalue weighted by Crippen LogP contribution is -2.50. The van der Waals surface area contributed by atoms with Gasteiger partial charge in [-0.3, -0.25) is 4.67 Å². The molecule has 4 aliphatic rings. The molecule has 0 N–H and O–H groups in total. The molecule has 9 heteroatoms. The van der Waals surface area contributed by atoms with Crippen LogP contribution in [0.25, 0.3) is 0 Å². The van der Waals surface area contributed by atoms with Crippen LogP contribution in [0.4, 0.5) is 13.2 Å². The third-order valence-electron chi connectivity index (χ3n) is 7.85. The Hall–Kier alpha value is -0.330. The normalized spacial score (nSPS) is 45.0. The van der Waals surface area contributed by atoms with Crippen LogP contribution in [0.3, 0.4) is 0 Å². The molecule has 0 spiro atoms. The standard InChI is InChI=1S/C18H27F3NO3PS/c1-16-8-6-14-12(7-11-26-17(14,2)9-10-22(26)3)13(16)4-5-15(16)25-27(23,24)18(19,20)21/h5,12-14H,4,6-11H2,1-3H3. The van der Waals surface area contributed by atoms with Gasteiger partial charge in [0.05, 0.1) is 0 Å². The molecule has 1 saturated carbocycles. The van der Waals surface area contributed by atoms with Crippen molar-refractivity contribution < 1.29 is 25.8 Å². The number of allylic oxidation sites excluding steroid dienone is 2. The largest absolute Gasteiger partial charge is 0.534 e. The second kappa shape index (κ2) is 6.09. The molecule has 2 aliphatic heterocycles. The van der Waals surface area contributed by atoms with Crippen molar-refractivity contribution in [1.29, 1.82) is 0 Å². The fourth-order valence-electron chi connectivity index (χ4n) is 6.39. The second-order valence-electron chi connectivity index (χ2n) is 9.02. The first-order chi connectivity index (χ1) is 12.4. The van der Waals surface area contributed by atoms with Gasteiger partial charge in [0.25, 0.3) is 0 Å². The maximum absolute atomic E-state index is 12.8. The molecule has 2 heterocycles. The molecule has 2 saturated heterocycles. The van der Waals surface area contributed by atoms with Crippen LogP contribution < -0.4 is 0 Å². The van der Waals surface area contributed by atoms with Crippen molar-refractivity contribution in [3.8, 4) is 0 Å². The van der Waals surface area contributed by atoms with Crippen LogP contribution >= 0.6 is 8.07 Å². The SMILES string of the molecule is CN1CCC2(C)C3CCC4(C)C(OS(=O)(=O)C(F)(F)F)=CCC4C3CCP12. The highest BCUT2D eigenvalue weighted by atomic mass is 32.2. The summed E-state index contributed by atoms with van der Waals surface area (Å²) in [6, 6.07) is 0. The van der Waals surface area contributed by atoms with Crippen molar-refractivity contribution in [2.75, 3.05) is 19.8 Å². The van der Waals surface area contributed by atoms with Gasteiger partial charge in [0.2, 0.25) is 0 Å². The van der Waals surface area contributed by atoms with Crippen molar-refractivity contribution in [2.24, 2.45) is 23.2 Å². The smallest absolute Gasteiger partial charge is 0.380 e. The van der Waals surface area contributed by atoms with Gasteiger partial charge in [0.15, 0.2) is 0 Å². The van der Waals surface area contributed by atoms with E-state index in [1.54, 1.807) is 6.08 Å². The van der Waals surface area contributed by atoms with E-state index in [9.17, 15) is 21.6 Å². The first kappa shape index (κ1) is 20.0. The van der Waals surface area contributed by atoms with Gasteiger partial charge in [-0.25, -0.2) is 0 Å². The minimum absolute atomic E-state index is 0.0183. The maximum Gasteiger partial charge on any atom is 0.534 e. The fraction of sp³-hybridized carbons (Fsp3) is 0.889. The quantitative estimate of drug-likeness (QED) is 0.366. The highest BCUT2D eigenvalue weighted by Gasteiger charge is 2.61. The lowest BCUT2D eigenvalue weighted by atomic mass is 9.56. The summed E-state index contributed by atoms with van der Waals surface area (Å²) in [6.45, 7) is 5.44. The van der Waals surface area contributed by atoms with Crippen LogP contribution in [0.2, 0.25) is 0 Å². The molecule has 0 aromatic heterocycles. The van der Waals surface area contributed by atoms with E-state index >= 15 is 0 Å². The molecule has 4 rings (SSSR count). The van der Waals surface area contributed by atoms with Crippen LogP contribution in [0, 0.1) is 23.2 Å². The zero-order chi connectivity index (χ0) is 19.8. The summed E-state index contributed by atoms with van der Waals surface area (Å²) in [4.78, 5) is 0. The number of hydrogen-bond donors (Lipinski definition) is 0. The lowest BCUT2D eigenvalue weighted by molar-refractivity contribution is -0.0551. The predicted octanol–water partition coefficient (Wildman–Crippen LogP) is 4.68. The van der Waals surface area contributed by atoms with Gasteiger partial charge in [-0.05, 0) is 77.2 Å². The summed E-state index contributed by atoms with van der Waals surface area (Å²) < 4.78 is 68.7. The van der Waals surface area contributed by atoms with Crippen LogP contribution in [-0.4, -0.2) is 43.5 Å². The van der Waals surface area contributed by atoms with E-state index in [0.29, 0.717) is 29.8 Å². The average Bonchev–Trinajstić information content (AvgIpc) is 3.04. The van der Waals surface area contributed by atoms with E-state index in [4.69, 9.17) is 0 Å². The molecule has 0 aromatic rings. The van der Waals surface area contributed by atoms with Crippen LogP contribution in [0.1, 0.15) is 46.0 Å². The Kier molecular flexibility index (Phi) is 4.50. The number of fused-ring (bicyclic) bond motifs is 5. The summed E-state index contributed by atoms with van der Waals surface area (Å²) in [5, 5.41) is 0.315. The summed E-state index contributed by atoms with van der Waals surface area (Å²) in [6.07, 6.45) is 7.31. The molecule has 0 bridgehead atoms. The number of alkyl halides is 3. The van der Waals surface area contributed by atoms with Gasteiger partial charge in [-0.2, -0.15) is 21.6 Å². The van der Waals surface area contributed by atoms with E-state index in [1.165, 1.54) is 12.6 Å². The van der Waals surface area contributed by atoms with Gasteiger partial charge in [-0.15, -0.1) is 0 Å². The zero-order valence-electron chi connectivity index (χ0n) is 15.9. The molecular formula is C18H27F3NO3PS. The Morgan fingerprint density at radius 2 is 1.93 bits per heavy atom. The highest BCUT2D eigenvalue weighted by Crippen LogP contribution is 2.72. The molecule has 27 heavy (non-hydrogen) atoms. The van der Waals surface area contributed by atoms with Gasteiger partial charge < -0.3 is 4.18 Å². The molecule has 6 atom stereocenters. The van der Waals surface area contributed by atoms with Crippen molar-refractivity contribution in [3.05, 3.63) is 11.8 Å². The van der Waals surface area contributed by atoms with E-state index in [-0.39, 0.29) is 19.7 Å². The number of nitrogens with zero attached hydrogens (tertiary/aromatic N) is 1. The van der Waals surface area contributed by atoms with Gasteiger partial charge in [0.1, 0.15) is 5.76 Å². The lowest BCUT2D eigenvalue weighted by Gasteiger charge is -2.57. The fourth-order valence-corrected chi connectivity index (χ4v) is 10.6. The van der Waals surface area contributed by atoms with Gasteiger partial charge in [0, 0.05) is 17.1 Å². The molecule has 0 aromatic carbocycles. The maximum atomic E-state index is 12.8. The minimum Gasteiger partial charge on any atom is -0.380 e. The van der Waals surface area contributed by atoms with Crippen LogP contribution in [-0.2, 0) is 14.3 Å². The van der Waals surface area contributed by atoms with Crippen molar-refractivity contribution >= 4 is 18.2 Å². The number of hydrogen-bond acceptors (Lipinski definition) is 4. The third kappa shape index (κ3) is 2.80. The van der Waals surface area contributed by atoms with E-state index in [2.05, 4.69) is 22.8 Å². The van der Waals surface area contributed by atoms with Crippen LogP contribution in [0.5, 0.6) is 0 Å². The Balaban J connectivity index is 1.58. The van der Waals surface area contributed by atoms with Crippen molar-refractivity contribution in [2.45, 2.75) is 56.6 Å². The van der Waals surface area contributed by atoms with Crippen molar-refractivity contribution in [1.82, 2.24) is 4.67 Å². The first-order valence-corrected chi connectivity index (χ1v) is 12.5. The molecule has 2 aliphatic carbocycles. The van der Waals surface area contributed by atoms with Crippen molar-refractivity contribution in [3.63, 3.8) is 0 Å². The molecule has 4 nitrogen and oxygen atoms in total. The van der Waals surface area contributed by atoms with Crippen LogP contribution in [0.15, 0.2) is 11.8 Å². The second-order valence-corrected chi connectivity index (χ2v) is 13.5. The molecule has 0 amide bonds. The molecule has 3 fully saturated rings. The Bertz CT molecular complexity index is 770. The summed E-state index contributed by atoms with van der Waals surface area (Å²) >= 11 is 0. The summed E-state index contributed by atoms with van der Waals surface area (Å²) in [7, 11) is -3.54. The first-order valence-electron chi connectivity index (χ1n) is 9.60. The summed E-state index contributed by atoms with van der Waals surface area (Å²) in [5.41, 5.74) is -6.00. The molecular weight excluding hydrogens is 398 g/mol. The topological polar surface area (TPSA) is 46.6 Å². The Morgan fingerprint density at radius 3 is 2.59 bits per heavy atom. The Morgan fingerprint density at radius 1 is 1.22 bits per heavy atom. The molecule has 0 radical (unpaired) electrons. The number of rotatable bonds is 2. The Labute approximate surface area is 160 Å². The molecule has 6 unspecified atom stereocenters. The average molecular weight is 425 g/mol.